The minimum absolute atomic E-state index is 0.672. The van der Waals surface area contributed by atoms with Crippen LogP contribution in [-0.4, -0.2) is 79.0 Å². The Bertz CT molecular complexity index is 394. The van der Waals surface area contributed by atoms with Gasteiger partial charge in [0.1, 0.15) is 8.24 Å². The van der Waals surface area contributed by atoms with Gasteiger partial charge in [0.25, 0.3) is 0 Å². The van der Waals surface area contributed by atoms with Crippen LogP contribution in [0.2, 0.25) is 24.2 Å². The highest BCUT2D eigenvalue weighted by molar-refractivity contribution is 6.77. The molecule has 0 amide bonds. The fourth-order valence-electron chi connectivity index (χ4n) is 5.10. The summed E-state index contributed by atoms with van der Waals surface area (Å²) in [6.45, 7) is 21.8. The first-order valence-electron chi connectivity index (χ1n) is 12.9. The van der Waals surface area contributed by atoms with Crippen molar-refractivity contribution in [2.24, 2.45) is 0 Å². The van der Waals surface area contributed by atoms with Gasteiger partial charge in [-0.1, -0.05) is 27.2 Å². The minimum Gasteiger partial charge on any atom is -0.374 e. The van der Waals surface area contributed by atoms with Crippen LogP contribution in [0.15, 0.2) is 0 Å². The van der Waals surface area contributed by atoms with E-state index in [1.54, 1.807) is 0 Å². The number of hydrogen-bond acceptors (Lipinski definition) is 5. The van der Waals surface area contributed by atoms with Gasteiger partial charge in [-0.2, -0.15) is 0 Å². The van der Waals surface area contributed by atoms with Crippen molar-refractivity contribution in [3.63, 3.8) is 0 Å². The molecule has 0 aromatic rings. The third kappa shape index (κ3) is 9.00. The summed E-state index contributed by atoms with van der Waals surface area (Å²) in [4.78, 5) is 2.70. The highest BCUT2D eigenvalue weighted by Crippen LogP contribution is 2.27. The summed E-state index contributed by atoms with van der Waals surface area (Å²) < 4.78 is 21.1. The second kappa shape index (κ2) is 15.9. The van der Waals surface area contributed by atoms with Gasteiger partial charge >= 0.3 is 8.80 Å². The summed E-state index contributed by atoms with van der Waals surface area (Å²) in [7, 11) is -3.85. The van der Waals surface area contributed by atoms with Crippen molar-refractivity contribution in [1.82, 2.24) is 9.47 Å². The highest BCUT2D eigenvalue weighted by Gasteiger charge is 2.40. The van der Waals surface area contributed by atoms with E-state index >= 15 is 0 Å². The zero-order valence-corrected chi connectivity index (χ0v) is 23.1. The van der Waals surface area contributed by atoms with Gasteiger partial charge in [-0.25, -0.2) is 0 Å². The Hall–Kier alpha value is 0.234. The van der Waals surface area contributed by atoms with Crippen LogP contribution in [0.4, 0.5) is 0 Å². The maximum atomic E-state index is 6.06. The van der Waals surface area contributed by atoms with Crippen LogP contribution in [0.5, 0.6) is 0 Å². The van der Waals surface area contributed by atoms with E-state index in [9.17, 15) is 0 Å². The van der Waals surface area contributed by atoms with Gasteiger partial charge in [-0.15, -0.1) is 0 Å². The molecule has 30 heavy (non-hydrogen) atoms. The Labute approximate surface area is 190 Å². The highest BCUT2D eigenvalue weighted by atomic mass is 28.4. The normalized spacial score (nSPS) is 16.5. The molecule has 1 fully saturated rings. The minimum atomic E-state index is -2.50. The molecule has 0 aliphatic carbocycles. The average molecular weight is 461 g/mol. The summed E-state index contributed by atoms with van der Waals surface area (Å²) in [6.07, 6.45) is 6.54. The van der Waals surface area contributed by atoms with E-state index in [2.05, 4.69) is 30.2 Å². The molecular formula is C23H52N2O3Si2. The van der Waals surface area contributed by atoms with Gasteiger partial charge in [-0.05, 0) is 84.2 Å². The van der Waals surface area contributed by atoms with Gasteiger partial charge in [0.2, 0.25) is 0 Å². The maximum absolute atomic E-state index is 6.06. The third-order valence-corrected chi connectivity index (χ3v) is 15.9. The molecule has 1 aliphatic rings. The van der Waals surface area contributed by atoms with E-state index in [0.29, 0.717) is 19.8 Å². The van der Waals surface area contributed by atoms with Gasteiger partial charge in [-0.3, -0.25) is 0 Å². The van der Waals surface area contributed by atoms with Gasteiger partial charge < -0.3 is 22.7 Å². The molecule has 1 rings (SSSR count). The van der Waals surface area contributed by atoms with Crippen LogP contribution in [0.1, 0.15) is 73.6 Å². The molecule has 5 nitrogen and oxygen atoms in total. The van der Waals surface area contributed by atoms with Gasteiger partial charge in [0, 0.05) is 39.0 Å². The van der Waals surface area contributed by atoms with Crippen LogP contribution < -0.4 is 0 Å². The molecule has 0 radical (unpaired) electrons. The first kappa shape index (κ1) is 28.3. The Balaban J connectivity index is 2.68. The predicted octanol–water partition coefficient (Wildman–Crippen LogP) is 5.61. The molecule has 0 aromatic carbocycles. The van der Waals surface area contributed by atoms with Crippen LogP contribution in [-0.2, 0) is 13.3 Å². The molecule has 1 heterocycles. The van der Waals surface area contributed by atoms with Crippen molar-refractivity contribution in [3.05, 3.63) is 0 Å². The molecule has 0 atom stereocenters. The van der Waals surface area contributed by atoms with Gasteiger partial charge in [0.05, 0.1) is 0 Å². The molecule has 0 unspecified atom stereocenters. The lowest BCUT2D eigenvalue weighted by Gasteiger charge is -2.42. The monoisotopic (exact) mass is 460 g/mol. The fourth-order valence-corrected chi connectivity index (χ4v) is 11.8. The van der Waals surface area contributed by atoms with E-state index in [4.69, 9.17) is 13.3 Å². The van der Waals surface area contributed by atoms with Crippen molar-refractivity contribution >= 4 is 17.0 Å². The number of likely N-dealkylation sites (tertiary alicyclic amines) is 1. The zero-order valence-electron chi connectivity index (χ0n) is 21.1. The van der Waals surface area contributed by atoms with Crippen molar-refractivity contribution in [2.45, 2.75) is 97.8 Å². The SMILES string of the molecule is CCO[Si](CCCCN(CCN1CCCCC1)[Si](CC)(CC)CC)(OCC)OCC. The zero-order chi connectivity index (χ0) is 22.3. The lowest BCUT2D eigenvalue weighted by atomic mass is 10.1. The first-order chi connectivity index (χ1) is 14.5. The summed E-state index contributed by atoms with van der Waals surface area (Å²) >= 11 is 0. The summed E-state index contributed by atoms with van der Waals surface area (Å²) in [5, 5.41) is 0. The second-order valence-electron chi connectivity index (χ2n) is 8.61. The lowest BCUT2D eigenvalue weighted by molar-refractivity contribution is 0.0705. The van der Waals surface area contributed by atoms with E-state index in [1.807, 2.05) is 20.8 Å². The molecule has 0 bridgehead atoms. The molecule has 1 saturated heterocycles. The van der Waals surface area contributed by atoms with Crippen LogP contribution in [0, 0.1) is 0 Å². The maximum Gasteiger partial charge on any atom is 0.500 e. The largest absolute Gasteiger partial charge is 0.500 e. The number of nitrogens with zero attached hydrogens (tertiary/aromatic N) is 2. The summed E-state index contributed by atoms with van der Waals surface area (Å²) in [5.74, 6) is 0. The van der Waals surface area contributed by atoms with Crippen molar-refractivity contribution in [3.8, 4) is 0 Å². The van der Waals surface area contributed by atoms with E-state index < -0.39 is 17.0 Å². The third-order valence-electron chi connectivity index (χ3n) is 7.03. The Kier molecular flexibility index (Phi) is 15.0. The average Bonchev–Trinajstić information content (AvgIpc) is 2.77. The number of rotatable bonds is 18. The molecule has 0 aromatic heterocycles. The Morgan fingerprint density at radius 1 is 0.700 bits per heavy atom. The van der Waals surface area contributed by atoms with Crippen molar-refractivity contribution in [1.29, 1.82) is 0 Å². The fraction of sp³-hybridized carbons (Fsp3) is 1.00. The van der Waals surface area contributed by atoms with Crippen molar-refractivity contribution < 1.29 is 13.3 Å². The molecule has 0 saturated carbocycles. The quantitative estimate of drug-likeness (QED) is 0.196. The van der Waals surface area contributed by atoms with Gasteiger partial charge in [0.15, 0.2) is 0 Å². The first-order valence-corrected chi connectivity index (χ1v) is 17.4. The number of hydrogen-bond donors (Lipinski definition) is 0. The predicted molar refractivity (Wildman–Crippen MR) is 134 cm³/mol. The molecule has 180 valence electrons. The molecular weight excluding hydrogens is 408 g/mol. The molecule has 0 spiro atoms. The van der Waals surface area contributed by atoms with Crippen molar-refractivity contribution in [2.75, 3.05) is 52.5 Å². The topological polar surface area (TPSA) is 34.2 Å². The van der Waals surface area contributed by atoms with E-state index in [0.717, 1.165) is 12.5 Å². The second-order valence-corrected chi connectivity index (χ2v) is 16.5. The lowest BCUT2D eigenvalue weighted by Crippen LogP contribution is -2.55. The number of piperidine rings is 1. The Morgan fingerprint density at radius 2 is 1.23 bits per heavy atom. The summed E-state index contributed by atoms with van der Waals surface area (Å²) in [6, 6.07) is 5.06. The molecule has 0 N–H and O–H groups in total. The Morgan fingerprint density at radius 3 is 1.70 bits per heavy atom. The van der Waals surface area contributed by atoms with Crippen LogP contribution >= 0.6 is 0 Å². The van der Waals surface area contributed by atoms with Crippen LogP contribution in [0.25, 0.3) is 0 Å². The molecule has 1 aliphatic heterocycles. The summed E-state index contributed by atoms with van der Waals surface area (Å²) in [5.41, 5.74) is 0. The van der Waals surface area contributed by atoms with Crippen LogP contribution in [0.3, 0.4) is 0 Å². The molecule has 7 heteroatoms. The number of unbranched alkanes of at least 4 members (excludes halogenated alkanes) is 1. The van der Waals surface area contributed by atoms with E-state index in [1.165, 1.54) is 76.5 Å². The van der Waals surface area contributed by atoms with E-state index in [-0.39, 0.29) is 0 Å². The standard InChI is InChI=1S/C23H52N2O3Si2/c1-7-26-30(27-8-2,28-9-3)23-17-16-20-25(29(10-4,11-5)12-6)22-21-24-18-14-13-15-19-24/h7-23H2,1-6H3. The smallest absolute Gasteiger partial charge is 0.374 e.